The number of ether oxygens (including phenoxy) is 1. The first-order chi connectivity index (χ1) is 10.2. The topological polar surface area (TPSA) is 172 Å². The quantitative estimate of drug-likeness (QED) is 0.339. The number of nitro benzene ring substituents is 2. The molecule has 1 aromatic rings. The molecule has 11 nitrogen and oxygen atoms in total. The van der Waals surface area contributed by atoms with Gasteiger partial charge < -0.3 is 16.2 Å². The molecule has 0 radical (unpaired) electrons. The smallest absolute Gasteiger partial charge is 0.388 e. The highest BCUT2D eigenvalue weighted by Crippen LogP contribution is 2.39. The molecule has 0 unspecified atom stereocenters. The molecule has 0 aliphatic rings. The lowest BCUT2D eigenvalue weighted by Gasteiger charge is -2.10. The minimum atomic E-state index is -0.887. The van der Waals surface area contributed by atoms with Crippen LogP contribution in [-0.4, -0.2) is 28.1 Å². The van der Waals surface area contributed by atoms with Crippen LogP contribution in [0.15, 0.2) is 22.3 Å². The molecule has 11 heteroatoms. The molecule has 0 amide bonds. The molecule has 1 rings (SSSR count). The van der Waals surface area contributed by atoms with E-state index in [0.29, 0.717) is 0 Å². The van der Waals surface area contributed by atoms with E-state index >= 15 is 0 Å². The van der Waals surface area contributed by atoms with Crippen molar-refractivity contribution in [3.8, 4) is 5.75 Å². The van der Waals surface area contributed by atoms with Gasteiger partial charge in [0.25, 0.3) is 0 Å². The van der Waals surface area contributed by atoms with Crippen molar-refractivity contribution in [2.24, 2.45) is 21.7 Å². The number of benzene rings is 1. The third-order valence-corrected chi connectivity index (χ3v) is 2.24. The van der Waals surface area contributed by atoms with E-state index in [-0.39, 0.29) is 23.4 Å². The van der Waals surface area contributed by atoms with Gasteiger partial charge in [-0.25, -0.2) is 0 Å². The molecule has 1 aromatic carbocycles. The summed E-state index contributed by atoms with van der Waals surface area (Å²) in [6.45, 7) is 3.29. The third kappa shape index (κ3) is 4.13. The first kappa shape index (κ1) is 16.8. The zero-order valence-corrected chi connectivity index (χ0v) is 11.8. The van der Waals surface area contributed by atoms with Crippen LogP contribution in [-0.2, 0) is 0 Å². The highest BCUT2D eigenvalue weighted by Gasteiger charge is 2.33. The summed E-state index contributed by atoms with van der Waals surface area (Å²) in [5.41, 5.74) is 8.49. The number of nitro groups is 2. The monoisotopic (exact) mass is 310 g/mol. The van der Waals surface area contributed by atoms with Crippen LogP contribution in [0.5, 0.6) is 5.75 Å². The van der Waals surface area contributed by atoms with Crippen molar-refractivity contribution >= 4 is 23.5 Å². The van der Waals surface area contributed by atoms with Gasteiger partial charge in [0.05, 0.1) is 27.7 Å². The van der Waals surface area contributed by atoms with E-state index in [1.807, 2.05) is 0 Å². The van der Waals surface area contributed by atoms with Crippen molar-refractivity contribution in [2.75, 3.05) is 0 Å². The molecule has 118 valence electrons. The number of nitrogens with two attached hydrogens (primary N) is 2. The van der Waals surface area contributed by atoms with Gasteiger partial charge in [-0.3, -0.25) is 20.2 Å². The first-order valence-corrected chi connectivity index (χ1v) is 5.98. The maximum absolute atomic E-state index is 11.2. The average Bonchev–Trinajstić information content (AvgIpc) is 2.37. The summed E-state index contributed by atoms with van der Waals surface area (Å²) in [5, 5.41) is 29.1. The second-order valence-electron chi connectivity index (χ2n) is 4.30. The van der Waals surface area contributed by atoms with Crippen molar-refractivity contribution in [2.45, 2.75) is 20.0 Å². The second-order valence-corrected chi connectivity index (χ2v) is 4.30. The van der Waals surface area contributed by atoms with Crippen LogP contribution in [0, 0.1) is 20.2 Å². The second kappa shape index (κ2) is 6.97. The van der Waals surface area contributed by atoms with Crippen LogP contribution in [0.25, 0.3) is 0 Å². The van der Waals surface area contributed by atoms with E-state index in [1.54, 1.807) is 13.8 Å². The fourth-order valence-electron chi connectivity index (χ4n) is 1.56. The van der Waals surface area contributed by atoms with Crippen molar-refractivity contribution < 1.29 is 14.6 Å². The van der Waals surface area contributed by atoms with Gasteiger partial charge in [0, 0.05) is 0 Å². The Morgan fingerprint density at radius 1 is 1.23 bits per heavy atom. The first-order valence-electron chi connectivity index (χ1n) is 5.98. The van der Waals surface area contributed by atoms with Gasteiger partial charge in [0.1, 0.15) is 0 Å². The van der Waals surface area contributed by atoms with Gasteiger partial charge in [-0.05, 0) is 26.0 Å². The molecular weight excluding hydrogens is 296 g/mol. The van der Waals surface area contributed by atoms with Crippen molar-refractivity contribution in [1.29, 1.82) is 0 Å². The molecule has 0 fully saturated rings. The van der Waals surface area contributed by atoms with Gasteiger partial charge in [0.2, 0.25) is 11.7 Å². The maximum Gasteiger partial charge on any atom is 0.388 e. The molecule has 0 aliphatic heterocycles. The zero-order chi connectivity index (χ0) is 16.9. The van der Waals surface area contributed by atoms with E-state index in [0.717, 1.165) is 6.21 Å². The van der Waals surface area contributed by atoms with Gasteiger partial charge in [-0.15, -0.1) is 5.10 Å². The lowest BCUT2D eigenvalue weighted by molar-refractivity contribution is -0.423. The Morgan fingerprint density at radius 3 is 2.27 bits per heavy atom. The third-order valence-electron chi connectivity index (χ3n) is 2.24. The lowest BCUT2D eigenvalue weighted by Crippen LogP contribution is -2.21. The molecule has 22 heavy (non-hydrogen) atoms. The Morgan fingerprint density at radius 2 is 1.82 bits per heavy atom. The van der Waals surface area contributed by atoms with E-state index in [2.05, 4.69) is 10.2 Å². The summed E-state index contributed by atoms with van der Waals surface area (Å²) in [4.78, 5) is 20.6. The van der Waals surface area contributed by atoms with E-state index in [4.69, 9.17) is 16.2 Å². The van der Waals surface area contributed by atoms with Gasteiger partial charge >= 0.3 is 11.4 Å². The van der Waals surface area contributed by atoms with Crippen LogP contribution in [0.2, 0.25) is 0 Å². The summed E-state index contributed by atoms with van der Waals surface area (Å²) in [5.74, 6) is -0.557. The summed E-state index contributed by atoms with van der Waals surface area (Å²) in [6.07, 6.45) is 0.559. The Kier molecular flexibility index (Phi) is 5.32. The molecule has 0 heterocycles. The Balaban J connectivity index is 3.51. The molecule has 0 saturated carbocycles. The number of hydrogen-bond donors (Lipinski definition) is 2. The normalized spacial score (nSPS) is 10.7. The van der Waals surface area contributed by atoms with Crippen LogP contribution in [0.4, 0.5) is 11.4 Å². The van der Waals surface area contributed by atoms with Gasteiger partial charge in [-0.1, -0.05) is 0 Å². The van der Waals surface area contributed by atoms with Crippen molar-refractivity contribution in [3.05, 3.63) is 37.9 Å². The fraction of sp³-hybridized carbons (Fsp3) is 0.273. The number of guanidine groups is 1. The largest absolute Gasteiger partial charge is 0.484 e. The lowest BCUT2D eigenvalue weighted by atomic mass is 10.1. The zero-order valence-electron chi connectivity index (χ0n) is 11.8. The maximum atomic E-state index is 11.2. The molecule has 0 saturated heterocycles. The molecular formula is C11H14N6O5. The number of nitrogens with zero attached hydrogens (tertiary/aromatic N) is 4. The minimum Gasteiger partial charge on any atom is -0.484 e. The van der Waals surface area contributed by atoms with Crippen molar-refractivity contribution in [3.63, 3.8) is 0 Å². The standard InChI is InChI=1S/C11H14N6O5/c1-6(2)22-8-4-3-7(5-14-15-11(12)13)9(16(18)19)10(8)17(20)21/h3-6H,1-2H3,(H4,12,13,15)/b14-5+. The minimum absolute atomic E-state index is 0.127. The predicted octanol–water partition coefficient (Wildman–Crippen LogP) is 0.898. The van der Waals surface area contributed by atoms with E-state index in [1.165, 1.54) is 12.1 Å². The Labute approximate surface area is 124 Å². The highest BCUT2D eigenvalue weighted by molar-refractivity contribution is 5.90. The van der Waals surface area contributed by atoms with Gasteiger partial charge in [-0.2, -0.15) is 5.10 Å². The summed E-state index contributed by atoms with van der Waals surface area (Å²) >= 11 is 0. The predicted molar refractivity (Wildman–Crippen MR) is 78.9 cm³/mol. The fourth-order valence-corrected chi connectivity index (χ4v) is 1.56. The van der Waals surface area contributed by atoms with Gasteiger partial charge in [0.15, 0.2) is 0 Å². The molecule has 0 aromatic heterocycles. The Bertz CT molecular complexity index is 651. The highest BCUT2D eigenvalue weighted by atomic mass is 16.6. The molecule has 4 N–H and O–H groups in total. The van der Waals surface area contributed by atoms with Crippen LogP contribution in [0.3, 0.4) is 0 Å². The van der Waals surface area contributed by atoms with Crippen LogP contribution < -0.4 is 16.2 Å². The average molecular weight is 310 g/mol. The molecule has 0 aliphatic carbocycles. The number of hydrogen-bond acceptors (Lipinski definition) is 7. The van der Waals surface area contributed by atoms with E-state index < -0.39 is 21.2 Å². The van der Waals surface area contributed by atoms with Crippen LogP contribution >= 0.6 is 0 Å². The van der Waals surface area contributed by atoms with Crippen LogP contribution in [0.1, 0.15) is 19.4 Å². The molecule has 0 bridgehead atoms. The SMILES string of the molecule is CC(C)Oc1ccc(/C=N/N=C(N)N)c([N+](=O)[O-])c1[N+](=O)[O-]. The molecule has 0 spiro atoms. The molecule has 0 atom stereocenters. The summed E-state index contributed by atoms with van der Waals surface area (Å²) in [7, 11) is 0. The summed E-state index contributed by atoms with van der Waals surface area (Å²) in [6, 6.07) is 2.51. The van der Waals surface area contributed by atoms with E-state index in [9.17, 15) is 20.2 Å². The van der Waals surface area contributed by atoms with Crippen molar-refractivity contribution in [1.82, 2.24) is 0 Å². The Hall–Kier alpha value is -3.24. The summed E-state index contributed by atoms with van der Waals surface area (Å²) < 4.78 is 5.24. The number of rotatable bonds is 6.